The van der Waals surface area contributed by atoms with E-state index in [4.69, 9.17) is 9.47 Å². The van der Waals surface area contributed by atoms with Gasteiger partial charge in [0.05, 0.1) is 11.3 Å². The van der Waals surface area contributed by atoms with Crippen LogP contribution in [0.4, 0.5) is 15.8 Å². The van der Waals surface area contributed by atoms with Crippen molar-refractivity contribution in [3.05, 3.63) is 88.9 Å². The van der Waals surface area contributed by atoms with E-state index in [0.29, 0.717) is 28.4 Å². The number of nitrogens with zero attached hydrogens (tertiary/aromatic N) is 1. The van der Waals surface area contributed by atoms with E-state index in [1.807, 2.05) is 26.0 Å². The number of carbonyl (C=O) groups excluding carboxylic acids is 2. The lowest BCUT2D eigenvalue weighted by molar-refractivity contribution is -0.120. The number of anilines is 2. The van der Waals surface area contributed by atoms with Crippen molar-refractivity contribution in [2.24, 2.45) is 0 Å². The number of aryl methyl sites for hydroxylation is 2. The van der Waals surface area contributed by atoms with Gasteiger partial charge in [-0.25, -0.2) is 9.29 Å². The molecule has 6 nitrogen and oxygen atoms in total. The summed E-state index contributed by atoms with van der Waals surface area (Å²) in [4.78, 5) is 28.2. The molecule has 32 heavy (non-hydrogen) atoms. The molecule has 0 spiro atoms. The molecule has 0 aliphatic carbocycles. The van der Waals surface area contributed by atoms with Crippen LogP contribution in [0.1, 0.15) is 16.7 Å². The number of hydrogen-bond donors (Lipinski definition) is 1. The van der Waals surface area contributed by atoms with Crippen LogP contribution in [0.15, 0.2) is 66.4 Å². The third-order valence-corrected chi connectivity index (χ3v) is 5.46. The number of imide groups is 1. The molecule has 0 fully saturated rings. The number of carbonyl (C=O) groups is 2. The lowest BCUT2D eigenvalue weighted by Crippen LogP contribution is -2.33. The molecular formula is C25H19FN2O4. The first-order chi connectivity index (χ1) is 15.4. The molecule has 2 aliphatic heterocycles. The average molecular weight is 430 g/mol. The first-order valence-corrected chi connectivity index (χ1v) is 10.1. The molecule has 7 heteroatoms. The van der Waals surface area contributed by atoms with Crippen LogP contribution >= 0.6 is 0 Å². The highest BCUT2D eigenvalue weighted by molar-refractivity contribution is 6.46. The van der Waals surface area contributed by atoms with E-state index in [1.165, 1.54) is 24.3 Å². The molecule has 2 amide bonds. The number of amides is 2. The van der Waals surface area contributed by atoms with Gasteiger partial charge in [-0.1, -0.05) is 24.3 Å². The minimum Gasteiger partial charge on any atom is -0.454 e. The highest BCUT2D eigenvalue weighted by Crippen LogP contribution is 2.38. The molecule has 160 valence electrons. The first kappa shape index (κ1) is 19.8. The third-order valence-electron chi connectivity index (χ3n) is 5.46. The number of benzene rings is 3. The molecule has 3 aromatic carbocycles. The zero-order valence-corrected chi connectivity index (χ0v) is 17.4. The summed E-state index contributed by atoms with van der Waals surface area (Å²) in [5.41, 5.74) is 3.53. The van der Waals surface area contributed by atoms with Crippen molar-refractivity contribution in [2.45, 2.75) is 13.8 Å². The van der Waals surface area contributed by atoms with Gasteiger partial charge in [0.2, 0.25) is 6.79 Å². The van der Waals surface area contributed by atoms with Gasteiger partial charge in [-0.15, -0.1) is 0 Å². The number of ether oxygens (including phenoxy) is 2. The van der Waals surface area contributed by atoms with Crippen molar-refractivity contribution in [1.82, 2.24) is 0 Å². The zero-order chi connectivity index (χ0) is 22.4. The van der Waals surface area contributed by atoms with Crippen molar-refractivity contribution in [3.63, 3.8) is 0 Å². The predicted molar refractivity (Wildman–Crippen MR) is 118 cm³/mol. The Hall–Kier alpha value is -4.13. The molecule has 0 saturated carbocycles. The Morgan fingerprint density at radius 2 is 1.62 bits per heavy atom. The van der Waals surface area contributed by atoms with Gasteiger partial charge in [-0.3, -0.25) is 9.59 Å². The maximum absolute atomic E-state index is 13.5. The topological polar surface area (TPSA) is 67.9 Å². The van der Waals surface area contributed by atoms with Crippen LogP contribution in [0, 0.1) is 19.7 Å². The Balaban J connectivity index is 1.61. The van der Waals surface area contributed by atoms with Gasteiger partial charge in [0.1, 0.15) is 11.5 Å². The second-order valence-electron chi connectivity index (χ2n) is 7.69. The molecule has 0 atom stereocenters. The molecule has 1 N–H and O–H groups in total. The standard InChI is InChI=1S/C25H19FN2O4/c1-14-3-4-15(2)19(11-14)28-24(29)22(16-5-7-17(26)8-6-16)23(25(28)30)27-18-9-10-20-21(12-18)32-13-31-20/h3-12,27H,13H2,1-2H3. The second-order valence-corrected chi connectivity index (χ2v) is 7.69. The third kappa shape index (κ3) is 3.28. The van der Waals surface area contributed by atoms with Gasteiger partial charge in [0.15, 0.2) is 11.5 Å². The maximum atomic E-state index is 13.5. The minimum atomic E-state index is -0.485. The molecule has 0 bridgehead atoms. The van der Waals surface area contributed by atoms with Crippen molar-refractivity contribution in [3.8, 4) is 11.5 Å². The smallest absolute Gasteiger partial charge is 0.282 e. The molecule has 0 saturated heterocycles. The van der Waals surface area contributed by atoms with Gasteiger partial charge >= 0.3 is 0 Å². The summed E-state index contributed by atoms with van der Waals surface area (Å²) < 4.78 is 24.3. The highest BCUT2D eigenvalue weighted by Gasteiger charge is 2.41. The second kappa shape index (κ2) is 7.53. The molecule has 2 aliphatic rings. The molecule has 3 aromatic rings. The molecule has 5 rings (SSSR count). The zero-order valence-electron chi connectivity index (χ0n) is 17.4. The molecule has 2 heterocycles. The Morgan fingerprint density at radius 1 is 0.875 bits per heavy atom. The summed E-state index contributed by atoms with van der Waals surface area (Å²) in [6.45, 7) is 3.87. The van der Waals surface area contributed by atoms with Crippen molar-refractivity contribution >= 4 is 28.8 Å². The lowest BCUT2D eigenvalue weighted by Gasteiger charge is -2.18. The summed E-state index contributed by atoms with van der Waals surface area (Å²) in [5.74, 6) is -0.238. The van der Waals surface area contributed by atoms with E-state index in [1.54, 1.807) is 24.3 Å². The van der Waals surface area contributed by atoms with Crippen LogP contribution in [-0.2, 0) is 9.59 Å². The van der Waals surface area contributed by atoms with E-state index < -0.39 is 17.6 Å². The van der Waals surface area contributed by atoms with Crippen LogP contribution in [-0.4, -0.2) is 18.6 Å². The van der Waals surface area contributed by atoms with Crippen LogP contribution in [0.2, 0.25) is 0 Å². The highest BCUT2D eigenvalue weighted by atomic mass is 19.1. The van der Waals surface area contributed by atoms with E-state index in [2.05, 4.69) is 5.32 Å². The summed E-state index contributed by atoms with van der Waals surface area (Å²) in [6.07, 6.45) is 0. The Morgan fingerprint density at radius 3 is 2.41 bits per heavy atom. The monoisotopic (exact) mass is 430 g/mol. The van der Waals surface area contributed by atoms with Gasteiger partial charge in [0.25, 0.3) is 11.8 Å². The van der Waals surface area contributed by atoms with Gasteiger partial charge in [-0.2, -0.15) is 0 Å². The quantitative estimate of drug-likeness (QED) is 0.615. The van der Waals surface area contributed by atoms with Crippen LogP contribution in [0.25, 0.3) is 5.57 Å². The van der Waals surface area contributed by atoms with Gasteiger partial charge in [-0.05, 0) is 60.9 Å². The Kier molecular flexibility index (Phi) is 4.66. The van der Waals surface area contributed by atoms with Crippen molar-refractivity contribution in [2.75, 3.05) is 17.0 Å². The van der Waals surface area contributed by atoms with E-state index >= 15 is 0 Å². The van der Waals surface area contributed by atoms with E-state index in [0.717, 1.165) is 16.0 Å². The largest absolute Gasteiger partial charge is 0.454 e. The average Bonchev–Trinajstić information content (AvgIpc) is 3.33. The SMILES string of the molecule is Cc1ccc(C)c(N2C(=O)C(Nc3ccc4c(c3)OCO4)=C(c3ccc(F)cc3)C2=O)c1. The van der Waals surface area contributed by atoms with E-state index in [-0.39, 0.29) is 18.1 Å². The van der Waals surface area contributed by atoms with Crippen LogP contribution < -0.4 is 19.7 Å². The first-order valence-electron chi connectivity index (χ1n) is 10.1. The van der Waals surface area contributed by atoms with Crippen molar-refractivity contribution in [1.29, 1.82) is 0 Å². The lowest BCUT2D eigenvalue weighted by atomic mass is 10.0. The number of halogens is 1. The molecule has 0 unspecified atom stereocenters. The number of nitrogens with one attached hydrogen (secondary N) is 1. The normalized spacial score (nSPS) is 15.0. The fraction of sp³-hybridized carbons (Fsp3) is 0.120. The summed E-state index contributed by atoms with van der Waals surface area (Å²) in [6, 6.07) is 16.3. The number of hydrogen-bond acceptors (Lipinski definition) is 5. The predicted octanol–water partition coefficient (Wildman–Crippen LogP) is 4.57. The number of rotatable bonds is 4. The van der Waals surface area contributed by atoms with Gasteiger partial charge in [0, 0.05) is 11.8 Å². The fourth-order valence-electron chi connectivity index (χ4n) is 3.83. The summed E-state index contributed by atoms with van der Waals surface area (Å²) >= 11 is 0. The van der Waals surface area contributed by atoms with Gasteiger partial charge < -0.3 is 14.8 Å². The molecule has 0 radical (unpaired) electrons. The summed E-state index contributed by atoms with van der Waals surface area (Å²) in [5, 5.41) is 3.09. The van der Waals surface area contributed by atoms with Crippen LogP contribution in [0.3, 0.4) is 0 Å². The summed E-state index contributed by atoms with van der Waals surface area (Å²) in [7, 11) is 0. The van der Waals surface area contributed by atoms with Crippen LogP contribution in [0.5, 0.6) is 11.5 Å². The molecular weight excluding hydrogens is 411 g/mol. The number of fused-ring (bicyclic) bond motifs is 1. The van der Waals surface area contributed by atoms with E-state index in [9.17, 15) is 14.0 Å². The fourth-order valence-corrected chi connectivity index (χ4v) is 3.83. The van der Waals surface area contributed by atoms with Crippen molar-refractivity contribution < 1.29 is 23.5 Å². The molecule has 0 aromatic heterocycles. The Bertz CT molecular complexity index is 1300. The Labute approximate surface area is 183 Å². The minimum absolute atomic E-state index is 0.112. The maximum Gasteiger partial charge on any atom is 0.282 e.